The molecule has 1 aromatic heterocycles. The van der Waals surface area contributed by atoms with Crippen molar-refractivity contribution in [2.75, 3.05) is 26.7 Å². The van der Waals surface area contributed by atoms with Crippen molar-refractivity contribution < 1.29 is 0 Å². The first kappa shape index (κ1) is 20.2. The third-order valence-electron chi connectivity index (χ3n) is 5.44. The molecule has 5 heteroatoms. The van der Waals surface area contributed by atoms with Crippen LogP contribution in [0.2, 0.25) is 0 Å². The summed E-state index contributed by atoms with van der Waals surface area (Å²) in [5.74, 6) is 1.53. The van der Waals surface area contributed by atoms with E-state index in [1.807, 2.05) is 0 Å². The predicted molar refractivity (Wildman–Crippen MR) is 108 cm³/mol. The summed E-state index contributed by atoms with van der Waals surface area (Å²) >= 11 is 0. The summed E-state index contributed by atoms with van der Waals surface area (Å²) in [7, 11) is 2.28. The summed E-state index contributed by atoms with van der Waals surface area (Å²) in [6.45, 7) is 6.66. The van der Waals surface area contributed by atoms with E-state index in [-0.39, 0.29) is 24.8 Å². The van der Waals surface area contributed by atoms with Crippen LogP contribution < -0.4 is 0 Å². The van der Waals surface area contributed by atoms with E-state index in [1.54, 1.807) is 0 Å². The van der Waals surface area contributed by atoms with Gasteiger partial charge in [-0.3, -0.25) is 14.8 Å². The molecule has 2 aromatic rings. The highest BCUT2D eigenvalue weighted by Crippen LogP contribution is 2.44. The topological polar surface area (TPSA) is 19.4 Å². The fourth-order valence-electron chi connectivity index (χ4n) is 4.55. The van der Waals surface area contributed by atoms with Gasteiger partial charge in [-0.15, -0.1) is 24.8 Å². The van der Waals surface area contributed by atoms with Crippen molar-refractivity contribution in [3.05, 3.63) is 65.5 Å². The molecule has 2 fully saturated rings. The van der Waals surface area contributed by atoms with E-state index in [4.69, 9.17) is 0 Å². The van der Waals surface area contributed by atoms with E-state index in [2.05, 4.69) is 77.3 Å². The monoisotopic (exact) mass is 379 g/mol. The second-order valence-electron chi connectivity index (χ2n) is 7.18. The average Bonchev–Trinajstić information content (AvgIpc) is 3.03. The number of rotatable bonds is 3. The second kappa shape index (κ2) is 8.50. The zero-order valence-electron chi connectivity index (χ0n) is 14.8. The van der Waals surface area contributed by atoms with Crippen molar-refractivity contribution in [1.29, 1.82) is 0 Å². The lowest BCUT2D eigenvalue weighted by Gasteiger charge is -2.26. The van der Waals surface area contributed by atoms with Crippen LogP contribution in [0.15, 0.2) is 48.5 Å². The van der Waals surface area contributed by atoms with Crippen molar-refractivity contribution in [3.63, 3.8) is 0 Å². The number of hydrogen-bond acceptors (Lipinski definition) is 3. The summed E-state index contributed by atoms with van der Waals surface area (Å²) in [4.78, 5) is 9.82. The highest BCUT2D eigenvalue weighted by molar-refractivity contribution is 5.85. The number of aryl methyl sites for hydroxylation is 1. The predicted octanol–water partition coefficient (Wildman–Crippen LogP) is 3.97. The second-order valence-corrected chi connectivity index (χ2v) is 7.18. The van der Waals surface area contributed by atoms with Gasteiger partial charge in [-0.25, -0.2) is 0 Å². The fraction of sp³-hybridized carbons (Fsp3) is 0.450. The Morgan fingerprint density at radius 1 is 0.960 bits per heavy atom. The minimum Gasteiger partial charge on any atom is -0.299 e. The molecule has 2 saturated heterocycles. The fourth-order valence-corrected chi connectivity index (χ4v) is 4.55. The summed E-state index contributed by atoms with van der Waals surface area (Å²) in [6.07, 6.45) is 0. The molecule has 3 heterocycles. The Kier molecular flexibility index (Phi) is 6.86. The molecule has 0 bridgehead atoms. The Morgan fingerprint density at radius 2 is 1.72 bits per heavy atom. The van der Waals surface area contributed by atoms with Crippen LogP contribution in [0, 0.1) is 18.8 Å². The molecule has 25 heavy (non-hydrogen) atoms. The molecule has 1 aromatic carbocycles. The van der Waals surface area contributed by atoms with E-state index in [0.29, 0.717) is 6.04 Å². The van der Waals surface area contributed by atoms with Crippen LogP contribution in [-0.4, -0.2) is 41.5 Å². The molecule has 0 saturated carbocycles. The zero-order valence-corrected chi connectivity index (χ0v) is 16.5. The van der Waals surface area contributed by atoms with Gasteiger partial charge in [0.15, 0.2) is 0 Å². The molecular formula is C20H27Cl2N3. The van der Waals surface area contributed by atoms with Gasteiger partial charge in [0.1, 0.15) is 0 Å². The minimum atomic E-state index is 0. The molecule has 3 atom stereocenters. The molecule has 0 amide bonds. The zero-order chi connectivity index (χ0) is 15.8. The van der Waals surface area contributed by atoms with Crippen LogP contribution in [0.4, 0.5) is 0 Å². The number of fused-ring (bicyclic) bond motifs is 1. The van der Waals surface area contributed by atoms with E-state index in [1.165, 1.54) is 30.9 Å². The van der Waals surface area contributed by atoms with Gasteiger partial charge < -0.3 is 0 Å². The number of pyridine rings is 1. The van der Waals surface area contributed by atoms with E-state index < -0.39 is 0 Å². The van der Waals surface area contributed by atoms with Gasteiger partial charge in [0, 0.05) is 37.9 Å². The molecule has 136 valence electrons. The molecule has 0 unspecified atom stereocenters. The Labute approximate surface area is 163 Å². The normalized spacial score (nSPS) is 25.9. The van der Waals surface area contributed by atoms with Crippen LogP contribution >= 0.6 is 24.8 Å². The van der Waals surface area contributed by atoms with Gasteiger partial charge in [0.05, 0.1) is 5.69 Å². The quantitative estimate of drug-likeness (QED) is 0.803. The molecule has 0 radical (unpaired) electrons. The lowest BCUT2D eigenvalue weighted by Crippen LogP contribution is -2.29. The Morgan fingerprint density at radius 3 is 2.44 bits per heavy atom. The standard InChI is InChI=1S/C20H25N3.2ClH/c1-15-7-6-10-18(21-15)13-23-12-17-11-22(2)20(19(17)14-23)16-8-4-3-5-9-16;;/h3-10,17,19-20H,11-14H2,1-2H3;2*1H/t17-,19+,20-;;/m0../s1. The average molecular weight is 380 g/mol. The molecular weight excluding hydrogens is 353 g/mol. The van der Waals surface area contributed by atoms with Crippen LogP contribution in [0.5, 0.6) is 0 Å². The van der Waals surface area contributed by atoms with Crippen molar-refractivity contribution in [1.82, 2.24) is 14.8 Å². The van der Waals surface area contributed by atoms with Crippen molar-refractivity contribution in [3.8, 4) is 0 Å². The number of hydrogen-bond donors (Lipinski definition) is 0. The lowest BCUT2D eigenvalue weighted by molar-refractivity contribution is 0.223. The first-order chi connectivity index (χ1) is 11.2. The molecule has 2 aliphatic rings. The van der Waals surface area contributed by atoms with Gasteiger partial charge in [0.2, 0.25) is 0 Å². The van der Waals surface area contributed by atoms with Gasteiger partial charge in [-0.2, -0.15) is 0 Å². The van der Waals surface area contributed by atoms with Crippen LogP contribution in [-0.2, 0) is 6.54 Å². The highest BCUT2D eigenvalue weighted by Gasteiger charge is 2.45. The molecule has 2 aliphatic heterocycles. The summed E-state index contributed by atoms with van der Waals surface area (Å²) in [6, 6.07) is 17.9. The third-order valence-corrected chi connectivity index (χ3v) is 5.44. The van der Waals surface area contributed by atoms with Crippen molar-refractivity contribution in [2.24, 2.45) is 11.8 Å². The highest BCUT2D eigenvalue weighted by atomic mass is 35.5. The Balaban J connectivity index is 0.00000113. The number of aromatic nitrogens is 1. The smallest absolute Gasteiger partial charge is 0.0547 e. The van der Waals surface area contributed by atoms with Crippen LogP contribution in [0.1, 0.15) is 23.0 Å². The Hall–Kier alpha value is -1.13. The summed E-state index contributed by atoms with van der Waals surface area (Å²) in [5.41, 5.74) is 3.79. The third kappa shape index (κ3) is 4.17. The molecule has 0 spiro atoms. The van der Waals surface area contributed by atoms with Crippen LogP contribution in [0.25, 0.3) is 0 Å². The summed E-state index contributed by atoms with van der Waals surface area (Å²) in [5, 5.41) is 0. The Bertz CT molecular complexity index is 680. The van der Waals surface area contributed by atoms with Gasteiger partial charge in [-0.05, 0) is 43.5 Å². The molecule has 3 nitrogen and oxygen atoms in total. The maximum Gasteiger partial charge on any atom is 0.0547 e. The van der Waals surface area contributed by atoms with Gasteiger partial charge in [0.25, 0.3) is 0 Å². The van der Waals surface area contributed by atoms with E-state index in [9.17, 15) is 0 Å². The number of benzene rings is 1. The number of nitrogens with zero attached hydrogens (tertiary/aromatic N) is 3. The molecule has 0 aliphatic carbocycles. The van der Waals surface area contributed by atoms with Gasteiger partial charge in [-0.1, -0.05) is 36.4 Å². The molecule has 4 rings (SSSR count). The van der Waals surface area contributed by atoms with E-state index in [0.717, 1.165) is 24.1 Å². The number of likely N-dealkylation sites (tertiary alicyclic amines) is 2. The van der Waals surface area contributed by atoms with Gasteiger partial charge >= 0.3 is 0 Å². The largest absolute Gasteiger partial charge is 0.299 e. The summed E-state index contributed by atoms with van der Waals surface area (Å²) < 4.78 is 0. The minimum absolute atomic E-state index is 0. The first-order valence-corrected chi connectivity index (χ1v) is 8.61. The molecule has 0 N–H and O–H groups in total. The SMILES string of the molecule is Cc1cccc(CN2C[C@@H]3CN(C)[C@@H](c4ccccc4)[C@@H]3C2)n1.Cl.Cl. The van der Waals surface area contributed by atoms with Crippen molar-refractivity contribution in [2.45, 2.75) is 19.5 Å². The maximum absolute atomic E-state index is 4.67. The van der Waals surface area contributed by atoms with E-state index >= 15 is 0 Å². The number of halogens is 2. The lowest BCUT2D eigenvalue weighted by atomic mass is 9.90. The maximum atomic E-state index is 4.67. The first-order valence-electron chi connectivity index (χ1n) is 8.61. The van der Waals surface area contributed by atoms with Crippen LogP contribution in [0.3, 0.4) is 0 Å². The van der Waals surface area contributed by atoms with Crippen molar-refractivity contribution >= 4 is 24.8 Å².